The Morgan fingerprint density at radius 3 is 2.95 bits per heavy atom. The predicted octanol–water partition coefficient (Wildman–Crippen LogP) is 2.49. The summed E-state index contributed by atoms with van der Waals surface area (Å²) in [5.74, 6) is 0.621. The summed E-state index contributed by atoms with van der Waals surface area (Å²) in [5.41, 5.74) is 2.02. The molecule has 1 heterocycles. The van der Waals surface area contributed by atoms with Gasteiger partial charge in [0.1, 0.15) is 5.82 Å². The number of para-hydroxylation sites is 1. The van der Waals surface area contributed by atoms with Crippen LogP contribution in [0.4, 0.5) is 10.6 Å². The Balaban J connectivity index is 2.21. The molecule has 0 aliphatic heterocycles. The Morgan fingerprint density at radius 1 is 1.42 bits per heavy atom. The van der Waals surface area contributed by atoms with E-state index < -0.39 is 0 Å². The largest absolute Gasteiger partial charge is 0.334 e. The normalized spacial score (nSPS) is 9.95. The summed E-state index contributed by atoms with van der Waals surface area (Å²) in [6, 6.07) is 9.32. The van der Waals surface area contributed by atoms with Crippen molar-refractivity contribution in [2.45, 2.75) is 6.92 Å². The molecule has 98 valence electrons. The first kappa shape index (κ1) is 12.9. The van der Waals surface area contributed by atoms with Crippen LogP contribution in [0.25, 0.3) is 5.69 Å². The number of nitrogens with one attached hydrogen (secondary N) is 2. The maximum atomic E-state index is 11.6. The first-order chi connectivity index (χ1) is 9.22. The lowest BCUT2D eigenvalue weighted by atomic mass is 10.2. The molecular weight excluding hydrogens is 240 g/mol. The highest BCUT2D eigenvalue weighted by Gasteiger charge is 2.09. The number of anilines is 1. The number of benzene rings is 1. The lowest BCUT2D eigenvalue weighted by molar-refractivity contribution is 0.253. The molecule has 0 fully saturated rings. The zero-order valence-electron chi connectivity index (χ0n) is 10.8. The number of rotatable bonds is 4. The van der Waals surface area contributed by atoms with Crippen molar-refractivity contribution in [1.82, 2.24) is 15.1 Å². The Morgan fingerprint density at radius 2 is 2.21 bits per heavy atom. The Hall–Kier alpha value is -2.56. The summed E-state index contributed by atoms with van der Waals surface area (Å²) in [5, 5.41) is 9.64. The van der Waals surface area contributed by atoms with E-state index in [0.29, 0.717) is 12.4 Å². The molecule has 0 saturated heterocycles. The van der Waals surface area contributed by atoms with Crippen LogP contribution in [-0.4, -0.2) is 22.4 Å². The van der Waals surface area contributed by atoms with E-state index in [9.17, 15) is 4.79 Å². The minimum Gasteiger partial charge on any atom is -0.334 e. The SMILES string of the molecule is C=CCNC(=O)Nc1ccnn1-c1ccccc1C. The number of urea groups is 1. The lowest BCUT2D eigenvalue weighted by Crippen LogP contribution is -2.29. The van der Waals surface area contributed by atoms with Gasteiger partial charge in [0.2, 0.25) is 0 Å². The van der Waals surface area contributed by atoms with Crippen LogP contribution in [-0.2, 0) is 0 Å². The third kappa shape index (κ3) is 3.01. The van der Waals surface area contributed by atoms with Crippen molar-refractivity contribution in [2.75, 3.05) is 11.9 Å². The van der Waals surface area contributed by atoms with Crippen molar-refractivity contribution >= 4 is 11.8 Å². The number of nitrogens with zero attached hydrogens (tertiary/aromatic N) is 2. The maximum Gasteiger partial charge on any atom is 0.320 e. The quantitative estimate of drug-likeness (QED) is 0.826. The van der Waals surface area contributed by atoms with Gasteiger partial charge < -0.3 is 5.32 Å². The van der Waals surface area contributed by atoms with Crippen LogP contribution in [0.2, 0.25) is 0 Å². The average Bonchev–Trinajstić information content (AvgIpc) is 2.85. The lowest BCUT2D eigenvalue weighted by Gasteiger charge is -2.11. The number of aryl methyl sites for hydroxylation is 1. The molecule has 0 saturated carbocycles. The van der Waals surface area contributed by atoms with Crippen LogP contribution in [0.1, 0.15) is 5.56 Å². The van der Waals surface area contributed by atoms with Crippen molar-refractivity contribution < 1.29 is 4.79 Å². The highest BCUT2D eigenvalue weighted by molar-refractivity contribution is 5.88. The highest BCUT2D eigenvalue weighted by Crippen LogP contribution is 2.17. The second-order valence-electron chi connectivity index (χ2n) is 4.04. The first-order valence-electron chi connectivity index (χ1n) is 5.98. The van der Waals surface area contributed by atoms with E-state index in [4.69, 9.17) is 0 Å². The Labute approximate surface area is 111 Å². The topological polar surface area (TPSA) is 59.0 Å². The second-order valence-corrected chi connectivity index (χ2v) is 4.04. The van der Waals surface area contributed by atoms with E-state index in [0.717, 1.165) is 11.3 Å². The van der Waals surface area contributed by atoms with Gasteiger partial charge in [-0.2, -0.15) is 5.10 Å². The number of carbonyl (C=O) groups excluding carboxylic acids is 1. The maximum absolute atomic E-state index is 11.6. The second kappa shape index (κ2) is 5.86. The van der Waals surface area contributed by atoms with Crippen LogP contribution in [0.15, 0.2) is 49.2 Å². The van der Waals surface area contributed by atoms with Crippen molar-refractivity contribution in [3.05, 3.63) is 54.7 Å². The number of amides is 2. The highest BCUT2D eigenvalue weighted by atomic mass is 16.2. The Bertz CT molecular complexity index is 589. The van der Waals surface area contributed by atoms with Gasteiger partial charge in [0.15, 0.2) is 0 Å². The molecule has 2 N–H and O–H groups in total. The summed E-state index contributed by atoms with van der Waals surface area (Å²) in [7, 11) is 0. The van der Waals surface area contributed by atoms with Gasteiger partial charge in [-0.25, -0.2) is 9.48 Å². The summed E-state index contributed by atoms with van der Waals surface area (Å²) < 4.78 is 1.70. The van der Waals surface area contributed by atoms with Crippen LogP contribution in [0, 0.1) is 6.92 Å². The van der Waals surface area contributed by atoms with Crippen molar-refractivity contribution in [3.63, 3.8) is 0 Å². The molecule has 0 aliphatic carbocycles. The van der Waals surface area contributed by atoms with Gasteiger partial charge in [-0.05, 0) is 18.6 Å². The van der Waals surface area contributed by atoms with E-state index in [1.807, 2.05) is 31.2 Å². The molecule has 0 bridgehead atoms. The van der Waals surface area contributed by atoms with Gasteiger partial charge in [-0.3, -0.25) is 5.32 Å². The van der Waals surface area contributed by atoms with Gasteiger partial charge in [0.25, 0.3) is 0 Å². The fraction of sp³-hybridized carbons (Fsp3) is 0.143. The van der Waals surface area contributed by atoms with E-state index in [1.54, 1.807) is 23.0 Å². The number of aromatic nitrogens is 2. The zero-order chi connectivity index (χ0) is 13.7. The summed E-state index contributed by atoms with van der Waals surface area (Å²) in [4.78, 5) is 11.6. The Kier molecular flexibility index (Phi) is 3.97. The molecule has 1 aromatic carbocycles. The molecule has 0 spiro atoms. The number of hydrogen-bond acceptors (Lipinski definition) is 2. The fourth-order valence-corrected chi connectivity index (χ4v) is 1.72. The number of carbonyl (C=O) groups is 1. The molecule has 0 unspecified atom stereocenters. The van der Waals surface area contributed by atoms with Crippen LogP contribution in [0.5, 0.6) is 0 Å². The van der Waals surface area contributed by atoms with Crippen LogP contribution >= 0.6 is 0 Å². The smallest absolute Gasteiger partial charge is 0.320 e. The molecule has 0 atom stereocenters. The molecule has 1 aromatic heterocycles. The van der Waals surface area contributed by atoms with Crippen molar-refractivity contribution in [2.24, 2.45) is 0 Å². The van der Waals surface area contributed by atoms with Crippen LogP contribution < -0.4 is 10.6 Å². The van der Waals surface area contributed by atoms with Crippen LogP contribution in [0.3, 0.4) is 0 Å². The van der Waals surface area contributed by atoms with Gasteiger partial charge in [0.05, 0.1) is 11.9 Å². The standard InChI is InChI=1S/C14H16N4O/c1-3-9-15-14(19)17-13-8-10-16-18(13)12-7-5-4-6-11(12)2/h3-8,10H,1,9H2,2H3,(H2,15,17,19). The molecule has 0 aliphatic rings. The molecular formula is C14H16N4O. The molecule has 2 rings (SSSR count). The average molecular weight is 256 g/mol. The van der Waals surface area contributed by atoms with Crippen molar-refractivity contribution in [1.29, 1.82) is 0 Å². The van der Waals surface area contributed by atoms with Crippen molar-refractivity contribution in [3.8, 4) is 5.69 Å². The van der Waals surface area contributed by atoms with E-state index >= 15 is 0 Å². The predicted molar refractivity (Wildman–Crippen MR) is 75.5 cm³/mol. The molecule has 19 heavy (non-hydrogen) atoms. The van der Waals surface area contributed by atoms with Gasteiger partial charge >= 0.3 is 6.03 Å². The zero-order valence-corrected chi connectivity index (χ0v) is 10.8. The third-order valence-electron chi connectivity index (χ3n) is 2.63. The summed E-state index contributed by atoms with van der Waals surface area (Å²) in [6.45, 7) is 5.97. The molecule has 2 aromatic rings. The van der Waals surface area contributed by atoms with E-state index in [1.165, 1.54) is 0 Å². The minimum atomic E-state index is -0.282. The van der Waals surface area contributed by atoms with Gasteiger partial charge in [-0.1, -0.05) is 24.3 Å². The van der Waals surface area contributed by atoms with Gasteiger partial charge in [0, 0.05) is 12.6 Å². The third-order valence-corrected chi connectivity index (χ3v) is 2.63. The first-order valence-corrected chi connectivity index (χ1v) is 5.98. The fourth-order valence-electron chi connectivity index (χ4n) is 1.72. The summed E-state index contributed by atoms with van der Waals surface area (Å²) in [6.07, 6.45) is 3.27. The molecule has 0 radical (unpaired) electrons. The minimum absolute atomic E-state index is 0.282. The molecule has 5 heteroatoms. The van der Waals surface area contributed by atoms with Gasteiger partial charge in [-0.15, -0.1) is 6.58 Å². The summed E-state index contributed by atoms with van der Waals surface area (Å²) >= 11 is 0. The molecule has 2 amide bonds. The number of hydrogen-bond donors (Lipinski definition) is 2. The monoisotopic (exact) mass is 256 g/mol. The molecule has 5 nitrogen and oxygen atoms in total. The van der Waals surface area contributed by atoms with E-state index in [2.05, 4.69) is 22.3 Å². The van der Waals surface area contributed by atoms with E-state index in [-0.39, 0.29) is 6.03 Å².